The van der Waals surface area contributed by atoms with Gasteiger partial charge in [-0.05, 0) is 62.1 Å². The minimum absolute atomic E-state index is 0.153. The van der Waals surface area contributed by atoms with Crippen LogP contribution < -0.4 is 10.1 Å². The smallest absolute Gasteiger partial charge is 0.411 e. The van der Waals surface area contributed by atoms with Crippen LogP contribution in [-0.4, -0.2) is 23.9 Å². The van der Waals surface area contributed by atoms with Gasteiger partial charge in [-0.2, -0.15) is 5.26 Å². The second-order valence-corrected chi connectivity index (χ2v) is 7.49. The third-order valence-electron chi connectivity index (χ3n) is 5.57. The third kappa shape index (κ3) is 3.99. The van der Waals surface area contributed by atoms with Crippen molar-refractivity contribution in [1.82, 2.24) is 4.57 Å². The lowest BCUT2D eigenvalue weighted by atomic mass is 9.92. The fourth-order valence-electron chi connectivity index (χ4n) is 3.97. The zero-order chi connectivity index (χ0) is 21.8. The first-order valence-electron chi connectivity index (χ1n) is 10.5. The zero-order valence-corrected chi connectivity index (χ0v) is 17.6. The van der Waals surface area contributed by atoms with E-state index in [1.54, 1.807) is 0 Å². The van der Waals surface area contributed by atoms with Crippen molar-refractivity contribution in [2.24, 2.45) is 0 Å². The van der Waals surface area contributed by atoms with Crippen LogP contribution in [-0.2, 0) is 4.74 Å². The lowest BCUT2D eigenvalue weighted by Crippen LogP contribution is -2.17. The van der Waals surface area contributed by atoms with E-state index in [4.69, 9.17) is 9.47 Å². The molecule has 1 amide bonds. The van der Waals surface area contributed by atoms with Gasteiger partial charge in [0.15, 0.2) is 0 Å². The van der Waals surface area contributed by atoms with Crippen molar-refractivity contribution in [1.29, 1.82) is 5.26 Å². The molecule has 31 heavy (non-hydrogen) atoms. The van der Waals surface area contributed by atoms with E-state index in [9.17, 15) is 10.1 Å². The van der Waals surface area contributed by atoms with Gasteiger partial charge in [-0.3, -0.25) is 5.32 Å². The SMILES string of the molecule is C=CCOC(=O)Nc1ccc(-c2c(C#N)c3cc(OCC)ccc3n2C2CCC2)cc1. The molecule has 2 aromatic carbocycles. The minimum atomic E-state index is -0.530. The van der Waals surface area contributed by atoms with E-state index in [2.05, 4.69) is 28.6 Å². The van der Waals surface area contributed by atoms with Gasteiger partial charge in [-0.25, -0.2) is 4.79 Å². The molecular weight excluding hydrogens is 390 g/mol. The van der Waals surface area contributed by atoms with Crippen molar-refractivity contribution in [2.75, 3.05) is 18.5 Å². The number of anilines is 1. The molecule has 6 nitrogen and oxygen atoms in total. The summed E-state index contributed by atoms with van der Waals surface area (Å²) in [5.41, 5.74) is 4.17. The van der Waals surface area contributed by atoms with Gasteiger partial charge in [-0.15, -0.1) is 0 Å². The highest BCUT2D eigenvalue weighted by Gasteiger charge is 2.28. The Labute approximate surface area is 181 Å². The average molecular weight is 415 g/mol. The number of amides is 1. The maximum Gasteiger partial charge on any atom is 0.411 e. The zero-order valence-electron chi connectivity index (χ0n) is 17.6. The van der Waals surface area contributed by atoms with Gasteiger partial charge in [0.1, 0.15) is 18.4 Å². The van der Waals surface area contributed by atoms with E-state index in [0.29, 0.717) is 23.9 Å². The second-order valence-electron chi connectivity index (χ2n) is 7.49. The molecule has 1 aliphatic rings. The topological polar surface area (TPSA) is 76.3 Å². The molecule has 1 fully saturated rings. The Hall–Kier alpha value is -3.72. The van der Waals surface area contributed by atoms with E-state index in [0.717, 1.165) is 40.8 Å². The predicted molar refractivity (Wildman–Crippen MR) is 121 cm³/mol. The number of nitrogens with one attached hydrogen (secondary N) is 1. The number of hydrogen-bond donors (Lipinski definition) is 1. The lowest BCUT2D eigenvalue weighted by Gasteiger charge is -2.30. The van der Waals surface area contributed by atoms with Crippen LogP contribution in [0, 0.1) is 11.3 Å². The molecule has 1 aliphatic carbocycles. The van der Waals surface area contributed by atoms with Crippen LogP contribution >= 0.6 is 0 Å². The van der Waals surface area contributed by atoms with Crippen LogP contribution in [0.2, 0.25) is 0 Å². The summed E-state index contributed by atoms with van der Waals surface area (Å²) in [6.07, 6.45) is 4.38. The summed E-state index contributed by atoms with van der Waals surface area (Å²) in [6, 6.07) is 16.3. The Morgan fingerprint density at radius 2 is 2.06 bits per heavy atom. The van der Waals surface area contributed by atoms with E-state index in [-0.39, 0.29) is 6.61 Å². The first-order valence-corrected chi connectivity index (χ1v) is 10.5. The van der Waals surface area contributed by atoms with Gasteiger partial charge in [0.2, 0.25) is 0 Å². The summed E-state index contributed by atoms with van der Waals surface area (Å²) in [6.45, 7) is 6.21. The van der Waals surface area contributed by atoms with Gasteiger partial charge < -0.3 is 14.0 Å². The number of fused-ring (bicyclic) bond motifs is 1. The number of ether oxygens (including phenoxy) is 2. The number of rotatable bonds is 7. The Balaban J connectivity index is 1.76. The van der Waals surface area contributed by atoms with Crippen molar-refractivity contribution < 1.29 is 14.3 Å². The number of aromatic nitrogens is 1. The first-order chi connectivity index (χ1) is 15.2. The molecule has 0 unspecified atom stereocenters. The van der Waals surface area contributed by atoms with Crippen LogP contribution in [0.1, 0.15) is 37.8 Å². The molecular formula is C25H25N3O3. The number of carbonyl (C=O) groups is 1. The number of hydrogen-bond acceptors (Lipinski definition) is 4. The van der Waals surface area contributed by atoms with Crippen molar-refractivity contribution in [2.45, 2.75) is 32.2 Å². The van der Waals surface area contributed by atoms with E-state index in [1.807, 2.05) is 43.3 Å². The second kappa shape index (κ2) is 8.97. The molecule has 0 spiro atoms. The monoisotopic (exact) mass is 415 g/mol. The van der Waals surface area contributed by atoms with Gasteiger partial charge in [0.05, 0.1) is 23.4 Å². The molecule has 1 aromatic heterocycles. The van der Waals surface area contributed by atoms with Crippen LogP contribution in [0.5, 0.6) is 5.75 Å². The Morgan fingerprint density at radius 3 is 2.68 bits per heavy atom. The summed E-state index contributed by atoms with van der Waals surface area (Å²) in [7, 11) is 0. The molecule has 3 aromatic rings. The summed E-state index contributed by atoms with van der Waals surface area (Å²) < 4.78 is 12.9. The largest absolute Gasteiger partial charge is 0.494 e. The highest BCUT2D eigenvalue weighted by molar-refractivity contribution is 5.96. The summed E-state index contributed by atoms with van der Waals surface area (Å²) in [4.78, 5) is 11.8. The summed E-state index contributed by atoms with van der Waals surface area (Å²) in [5, 5.41) is 13.7. The van der Waals surface area contributed by atoms with Crippen molar-refractivity contribution in [3.05, 3.63) is 60.7 Å². The number of carbonyl (C=O) groups excluding carboxylic acids is 1. The fraction of sp³-hybridized carbons (Fsp3) is 0.280. The molecule has 0 radical (unpaired) electrons. The van der Waals surface area contributed by atoms with E-state index >= 15 is 0 Å². The van der Waals surface area contributed by atoms with Crippen molar-refractivity contribution >= 4 is 22.7 Å². The fourth-order valence-corrected chi connectivity index (χ4v) is 3.97. The molecule has 0 bridgehead atoms. The molecule has 4 rings (SSSR count). The predicted octanol–water partition coefficient (Wildman–Crippen LogP) is 6.04. The van der Waals surface area contributed by atoms with Gasteiger partial charge in [0, 0.05) is 17.1 Å². The minimum Gasteiger partial charge on any atom is -0.494 e. The molecule has 1 saturated carbocycles. The van der Waals surface area contributed by atoms with Crippen LogP contribution in [0.3, 0.4) is 0 Å². The van der Waals surface area contributed by atoms with Crippen molar-refractivity contribution in [3.63, 3.8) is 0 Å². The Kier molecular flexibility index (Phi) is 5.94. The average Bonchev–Trinajstić information content (AvgIpc) is 3.05. The van der Waals surface area contributed by atoms with Crippen LogP contribution in [0.15, 0.2) is 55.1 Å². The standard InChI is InChI=1S/C25H25N3O3/c1-3-14-31-25(29)27-18-10-8-17(9-11-18)24-22(16-26)21-15-20(30-4-2)12-13-23(21)28(24)19-6-5-7-19/h3,8-13,15,19H,1,4-7,14H2,2H3,(H,27,29). The molecule has 1 heterocycles. The molecule has 158 valence electrons. The lowest BCUT2D eigenvalue weighted by molar-refractivity contribution is 0.174. The Bertz CT molecular complexity index is 1150. The molecule has 1 N–H and O–H groups in total. The normalized spacial score (nSPS) is 13.3. The molecule has 0 aliphatic heterocycles. The highest BCUT2D eigenvalue weighted by Crippen LogP contribution is 2.43. The quantitative estimate of drug-likeness (QED) is 0.477. The summed E-state index contributed by atoms with van der Waals surface area (Å²) in [5.74, 6) is 0.765. The molecule has 6 heteroatoms. The van der Waals surface area contributed by atoms with Gasteiger partial charge in [-0.1, -0.05) is 24.8 Å². The summed E-state index contributed by atoms with van der Waals surface area (Å²) >= 11 is 0. The van der Waals surface area contributed by atoms with Crippen LogP contribution in [0.4, 0.5) is 10.5 Å². The molecule has 0 atom stereocenters. The first kappa shape index (κ1) is 20.5. The maximum absolute atomic E-state index is 11.8. The highest BCUT2D eigenvalue weighted by atomic mass is 16.5. The van der Waals surface area contributed by atoms with Crippen LogP contribution in [0.25, 0.3) is 22.2 Å². The maximum atomic E-state index is 11.8. The van der Waals surface area contributed by atoms with Gasteiger partial charge in [0.25, 0.3) is 0 Å². The van der Waals surface area contributed by atoms with E-state index in [1.165, 1.54) is 12.5 Å². The third-order valence-corrected chi connectivity index (χ3v) is 5.57. The van der Waals surface area contributed by atoms with Crippen molar-refractivity contribution in [3.8, 4) is 23.1 Å². The Morgan fingerprint density at radius 1 is 1.29 bits per heavy atom. The number of nitrogens with zero attached hydrogens (tertiary/aromatic N) is 2. The number of benzene rings is 2. The molecule has 0 saturated heterocycles. The van der Waals surface area contributed by atoms with E-state index < -0.39 is 6.09 Å². The number of nitriles is 1. The van der Waals surface area contributed by atoms with Gasteiger partial charge >= 0.3 is 6.09 Å².